The number of piperidine rings is 1. The molecule has 3 heterocycles. The Morgan fingerprint density at radius 3 is 2.23 bits per heavy atom. The Bertz CT molecular complexity index is 557. The van der Waals surface area contributed by atoms with Crippen LogP contribution in [0.3, 0.4) is 0 Å². The van der Waals surface area contributed by atoms with Crippen molar-refractivity contribution in [3.8, 4) is 0 Å². The average molecular weight is 438 g/mol. The molecule has 0 aliphatic carbocycles. The van der Waals surface area contributed by atoms with Crippen molar-refractivity contribution in [3.63, 3.8) is 0 Å². The number of ether oxygens (including phenoxy) is 2. The number of fused-ring (bicyclic) bond motifs is 5. The minimum Gasteiger partial charge on any atom is -0.462 e. The molecule has 150 valence electrons. The summed E-state index contributed by atoms with van der Waals surface area (Å²) in [6.07, 6.45) is 2.26. The number of hydrogen-bond acceptors (Lipinski definition) is 5. The van der Waals surface area contributed by atoms with Crippen LogP contribution in [0.15, 0.2) is 30.3 Å². The summed E-state index contributed by atoms with van der Waals surface area (Å²) in [6.45, 7) is -0.226. The summed E-state index contributed by atoms with van der Waals surface area (Å²) < 4.78 is 11.4. The Hall–Kier alpha value is -1.07. The fourth-order valence-electron chi connectivity index (χ4n) is 4.04. The number of carbonyl (C=O) groups excluding carboxylic acids is 1. The van der Waals surface area contributed by atoms with Gasteiger partial charge in [0, 0.05) is 24.9 Å². The number of nitrogens with zero attached hydrogens (tertiary/aromatic N) is 1. The lowest BCUT2D eigenvalue weighted by Gasteiger charge is -2.38. The van der Waals surface area contributed by atoms with Crippen molar-refractivity contribution < 1.29 is 35.8 Å². The Kier molecular flexibility index (Phi) is 9.35. The average Bonchev–Trinajstić information content (AvgIpc) is 3.27. The van der Waals surface area contributed by atoms with E-state index in [1.54, 1.807) is 0 Å². The van der Waals surface area contributed by atoms with Crippen molar-refractivity contribution in [2.24, 2.45) is 0 Å². The van der Waals surface area contributed by atoms with Crippen LogP contribution in [-0.4, -0.2) is 76.5 Å². The summed E-state index contributed by atoms with van der Waals surface area (Å²) in [5, 5.41) is 9.56. The Morgan fingerprint density at radius 1 is 1.19 bits per heavy atom. The van der Waals surface area contributed by atoms with Crippen molar-refractivity contribution >= 4 is 23.0 Å². The second kappa shape index (κ2) is 9.75. The van der Waals surface area contributed by atoms with Gasteiger partial charge in [0.05, 0.1) is 6.61 Å². The highest BCUT2D eigenvalue weighted by molar-refractivity contribution is 8.93. The number of carbonyl (C=O) groups is 1. The maximum absolute atomic E-state index is 12.4. The first-order chi connectivity index (χ1) is 10.7. The Morgan fingerprint density at radius 2 is 1.73 bits per heavy atom. The summed E-state index contributed by atoms with van der Waals surface area (Å²) >= 11 is 0. The maximum Gasteiger partial charge on any atom is 0.316 e. The summed E-state index contributed by atoms with van der Waals surface area (Å²) in [5.41, 5.74) is 0.803. The number of morpholine rings is 1. The number of likely N-dealkylation sites (N-methyl/N-ethyl adjacent to an activating group) is 1. The monoisotopic (exact) mass is 437 g/mol. The molecule has 7 N–H and O–H groups in total. The predicted octanol–water partition coefficient (Wildman–Crippen LogP) is -0.978. The highest BCUT2D eigenvalue weighted by Gasteiger charge is 2.62. The highest BCUT2D eigenvalue weighted by Crippen LogP contribution is 2.48. The second-order valence-electron chi connectivity index (χ2n) is 6.54. The van der Waals surface area contributed by atoms with Gasteiger partial charge in [-0.15, -0.1) is 17.0 Å². The standard InChI is InChI=1S/C17H21NO4.BrH.3H2O/c1-18-13-7-11(8-14(18)16-15(13)22-16)21-17(20)12(9-19)10-5-3-2-4-6-10;;;;/h2-6,11-16,19H,7-9H2,1H3;1H;3*1H2/t11?,12-,13-,14+,15+,16+;;;;/m1..../s1. The summed E-state index contributed by atoms with van der Waals surface area (Å²) in [4.78, 5) is 14.8. The first-order valence-electron chi connectivity index (χ1n) is 7.92. The van der Waals surface area contributed by atoms with Crippen LogP contribution in [0.25, 0.3) is 0 Å². The third kappa shape index (κ3) is 4.25. The number of benzene rings is 1. The normalized spacial score (nSPS) is 31.7. The molecule has 1 unspecified atom stereocenters. The third-order valence-electron chi connectivity index (χ3n) is 5.33. The lowest BCUT2D eigenvalue weighted by Crippen LogP contribution is -2.48. The summed E-state index contributed by atoms with van der Waals surface area (Å²) in [7, 11) is 2.13. The van der Waals surface area contributed by atoms with E-state index in [0.29, 0.717) is 24.3 Å². The van der Waals surface area contributed by atoms with E-state index in [2.05, 4.69) is 11.9 Å². The molecule has 26 heavy (non-hydrogen) atoms. The minimum absolute atomic E-state index is 0. The SMILES string of the molecule is Br.CN1[C@@H]2CC(OC(=O)[C@H](CO)c3ccccc3)C[C@H]1[C@@H]1O[C@H]12.O.O.O. The van der Waals surface area contributed by atoms with Gasteiger partial charge in [0.2, 0.25) is 0 Å². The van der Waals surface area contributed by atoms with E-state index in [4.69, 9.17) is 9.47 Å². The molecule has 1 aromatic carbocycles. The molecule has 1 aromatic rings. The molecular formula is C17H28BrNO7. The quantitative estimate of drug-likeness (QED) is 0.472. The fourth-order valence-corrected chi connectivity index (χ4v) is 4.04. The van der Waals surface area contributed by atoms with Crippen LogP contribution in [0.1, 0.15) is 24.3 Å². The second-order valence-corrected chi connectivity index (χ2v) is 6.54. The van der Waals surface area contributed by atoms with Gasteiger partial charge in [0.25, 0.3) is 0 Å². The van der Waals surface area contributed by atoms with E-state index in [1.165, 1.54) is 0 Å². The maximum atomic E-state index is 12.4. The summed E-state index contributed by atoms with van der Waals surface area (Å²) in [6, 6.07) is 10.1. The molecule has 0 radical (unpaired) electrons. The first-order valence-corrected chi connectivity index (χ1v) is 7.92. The minimum atomic E-state index is -0.593. The zero-order chi connectivity index (χ0) is 15.3. The van der Waals surface area contributed by atoms with Gasteiger partial charge < -0.3 is 31.0 Å². The largest absolute Gasteiger partial charge is 0.462 e. The number of epoxide rings is 1. The number of rotatable bonds is 4. The van der Waals surface area contributed by atoms with Crippen LogP contribution in [0.5, 0.6) is 0 Å². The van der Waals surface area contributed by atoms with Crippen LogP contribution >= 0.6 is 17.0 Å². The van der Waals surface area contributed by atoms with Crippen molar-refractivity contribution in [2.45, 2.75) is 49.2 Å². The van der Waals surface area contributed by atoms with E-state index >= 15 is 0 Å². The molecule has 3 aliphatic rings. The van der Waals surface area contributed by atoms with Gasteiger partial charge >= 0.3 is 5.97 Å². The Labute approximate surface area is 162 Å². The van der Waals surface area contributed by atoms with Crippen molar-refractivity contribution in [3.05, 3.63) is 35.9 Å². The van der Waals surface area contributed by atoms with Gasteiger partial charge in [-0.1, -0.05) is 30.3 Å². The molecule has 0 amide bonds. The zero-order valence-corrected chi connectivity index (χ0v) is 16.2. The predicted molar refractivity (Wildman–Crippen MR) is 101 cm³/mol. The van der Waals surface area contributed by atoms with Gasteiger partial charge in [-0.3, -0.25) is 9.69 Å². The molecule has 0 spiro atoms. The highest BCUT2D eigenvalue weighted by atomic mass is 79.9. The van der Waals surface area contributed by atoms with Gasteiger partial charge in [-0.25, -0.2) is 0 Å². The number of halogens is 1. The van der Waals surface area contributed by atoms with Crippen LogP contribution in [-0.2, 0) is 14.3 Å². The molecule has 8 nitrogen and oxygen atoms in total. The molecule has 3 saturated heterocycles. The van der Waals surface area contributed by atoms with Crippen LogP contribution in [0.2, 0.25) is 0 Å². The lowest BCUT2D eigenvalue weighted by molar-refractivity contribution is -0.156. The summed E-state index contributed by atoms with van der Waals surface area (Å²) in [5.74, 6) is -0.915. The fraction of sp³-hybridized carbons (Fsp3) is 0.588. The van der Waals surface area contributed by atoms with Gasteiger partial charge in [0.1, 0.15) is 24.2 Å². The zero-order valence-electron chi connectivity index (χ0n) is 14.5. The topological polar surface area (TPSA) is 157 Å². The molecule has 3 aliphatic heterocycles. The Balaban J connectivity index is 0.00000156. The molecule has 0 aromatic heterocycles. The molecule has 4 rings (SSSR count). The number of esters is 1. The van der Waals surface area contributed by atoms with Gasteiger partial charge in [-0.05, 0) is 12.6 Å². The van der Waals surface area contributed by atoms with E-state index in [9.17, 15) is 9.90 Å². The van der Waals surface area contributed by atoms with E-state index < -0.39 is 5.92 Å². The van der Waals surface area contributed by atoms with Crippen LogP contribution < -0.4 is 0 Å². The van der Waals surface area contributed by atoms with Crippen molar-refractivity contribution in [2.75, 3.05) is 13.7 Å². The molecule has 6 atom stereocenters. The molecular weight excluding hydrogens is 410 g/mol. The lowest BCUT2D eigenvalue weighted by atomic mass is 9.97. The van der Waals surface area contributed by atoms with E-state index in [1.807, 2.05) is 30.3 Å². The molecule has 0 saturated carbocycles. The van der Waals surface area contributed by atoms with Gasteiger partial charge in [0.15, 0.2) is 0 Å². The molecule has 3 fully saturated rings. The van der Waals surface area contributed by atoms with E-state index in [0.717, 1.165) is 18.4 Å². The van der Waals surface area contributed by atoms with Crippen molar-refractivity contribution in [1.29, 1.82) is 0 Å². The van der Waals surface area contributed by atoms with Gasteiger partial charge in [-0.2, -0.15) is 0 Å². The number of aliphatic hydroxyl groups excluding tert-OH is 1. The molecule has 9 heteroatoms. The third-order valence-corrected chi connectivity index (χ3v) is 5.33. The number of hydrogen-bond donors (Lipinski definition) is 1. The first kappa shape index (κ1) is 24.9. The van der Waals surface area contributed by atoms with Crippen LogP contribution in [0.4, 0.5) is 0 Å². The molecule has 2 bridgehead atoms. The van der Waals surface area contributed by atoms with E-state index in [-0.39, 0.29) is 52.1 Å². The number of aliphatic hydroxyl groups is 1. The smallest absolute Gasteiger partial charge is 0.316 e. The van der Waals surface area contributed by atoms with Crippen LogP contribution in [0, 0.1) is 0 Å². The van der Waals surface area contributed by atoms with Crippen molar-refractivity contribution in [1.82, 2.24) is 4.90 Å².